The highest BCUT2D eigenvalue weighted by Gasteiger charge is 2.13. The Morgan fingerprint density at radius 2 is 1.81 bits per heavy atom. The largest absolute Gasteiger partial charge is 0.256 e. The van der Waals surface area contributed by atoms with Gasteiger partial charge in [0, 0.05) is 6.20 Å². The van der Waals surface area contributed by atoms with Crippen LogP contribution in [0.15, 0.2) is 10.7 Å². The molecule has 2 rings (SSSR count). The normalized spacial score (nSPS) is 10.8. The summed E-state index contributed by atoms with van der Waals surface area (Å²) in [5, 5.41) is 4.45. The summed E-state index contributed by atoms with van der Waals surface area (Å²) >= 11 is 3.51. The molecule has 0 unspecified atom stereocenters. The van der Waals surface area contributed by atoms with Crippen molar-refractivity contribution in [2.24, 2.45) is 0 Å². The lowest BCUT2D eigenvalue weighted by Crippen LogP contribution is -2.06. The quantitative estimate of drug-likeness (QED) is 0.807. The highest BCUT2D eigenvalue weighted by Crippen LogP contribution is 2.22. The second-order valence-corrected chi connectivity index (χ2v) is 4.61. The SMILES string of the molecule is Cc1cnc(C)c(-n2nc(C)c(Br)c2C)n1. The first-order chi connectivity index (χ1) is 7.50. The molecule has 0 fully saturated rings. The number of aryl methyl sites for hydroxylation is 3. The third-order valence-corrected chi connectivity index (χ3v) is 3.60. The van der Waals surface area contributed by atoms with Crippen LogP contribution in [0.1, 0.15) is 22.8 Å². The summed E-state index contributed by atoms with van der Waals surface area (Å²) in [7, 11) is 0. The topological polar surface area (TPSA) is 43.6 Å². The molecule has 84 valence electrons. The van der Waals surface area contributed by atoms with E-state index >= 15 is 0 Å². The number of halogens is 1. The summed E-state index contributed by atoms with van der Waals surface area (Å²) < 4.78 is 2.85. The fourth-order valence-electron chi connectivity index (χ4n) is 1.56. The molecule has 4 nitrogen and oxygen atoms in total. The van der Waals surface area contributed by atoms with E-state index in [0.717, 1.165) is 33.1 Å². The minimum atomic E-state index is 0.798. The van der Waals surface area contributed by atoms with E-state index < -0.39 is 0 Å². The van der Waals surface area contributed by atoms with Crippen molar-refractivity contribution >= 4 is 15.9 Å². The average Bonchev–Trinajstić information content (AvgIpc) is 2.50. The lowest BCUT2D eigenvalue weighted by molar-refractivity contribution is 0.782. The molecule has 0 atom stereocenters. The van der Waals surface area contributed by atoms with Crippen LogP contribution in [0.4, 0.5) is 0 Å². The molecule has 0 radical (unpaired) electrons. The smallest absolute Gasteiger partial charge is 0.175 e. The first-order valence-corrected chi connectivity index (χ1v) is 5.82. The summed E-state index contributed by atoms with van der Waals surface area (Å²) in [4.78, 5) is 8.77. The summed E-state index contributed by atoms with van der Waals surface area (Å²) in [5.41, 5.74) is 3.77. The molecule has 0 saturated heterocycles. The van der Waals surface area contributed by atoms with Gasteiger partial charge in [0.05, 0.1) is 27.2 Å². The van der Waals surface area contributed by atoms with E-state index in [1.54, 1.807) is 6.20 Å². The monoisotopic (exact) mass is 280 g/mol. The van der Waals surface area contributed by atoms with Crippen LogP contribution >= 0.6 is 15.9 Å². The van der Waals surface area contributed by atoms with Gasteiger partial charge in [0.2, 0.25) is 0 Å². The standard InChI is InChI=1S/C11H13BrN4/c1-6-5-13-8(3)11(14-6)16-9(4)10(12)7(2)15-16/h5H,1-4H3. The molecule has 0 N–H and O–H groups in total. The maximum Gasteiger partial charge on any atom is 0.175 e. The third-order valence-electron chi connectivity index (χ3n) is 2.45. The van der Waals surface area contributed by atoms with E-state index in [-0.39, 0.29) is 0 Å². The van der Waals surface area contributed by atoms with Crippen molar-refractivity contribution in [2.45, 2.75) is 27.7 Å². The predicted octanol–water partition coefficient (Wildman–Crippen LogP) is 2.66. The Hall–Kier alpha value is -1.23. The predicted molar refractivity (Wildman–Crippen MR) is 65.8 cm³/mol. The third kappa shape index (κ3) is 1.75. The van der Waals surface area contributed by atoms with Crippen molar-refractivity contribution in [1.29, 1.82) is 0 Å². The van der Waals surface area contributed by atoms with Crippen LogP contribution in [-0.4, -0.2) is 19.7 Å². The fraction of sp³-hybridized carbons (Fsp3) is 0.364. The summed E-state index contributed by atoms with van der Waals surface area (Å²) in [6.45, 7) is 7.84. The van der Waals surface area contributed by atoms with Crippen LogP contribution in [0, 0.1) is 27.7 Å². The van der Waals surface area contributed by atoms with Gasteiger partial charge in [-0.2, -0.15) is 5.10 Å². The Morgan fingerprint density at radius 1 is 1.12 bits per heavy atom. The zero-order valence-electron chi connectivity index (χ0n) is 9.74. The highest BCUT2D eigenvalue weighted by atomic mass is 79.9. The van der Waals surface area contributed by atoms with Gasteiger partial charge in [0.1, 0.15) is 0 Å². The Balaban J connectivity index is 2.67. The molecule has 5 heteroatoms. The minimum absolute atomic E-state index is 0.798. The molecular formula is C11H13BrN4. The molecule has 0 aliphatic carbocycles. The van der Waals surface area contributed by atoms with Gasteiger partial charge in [-0.1, -0.05) is 0 Å². The van der Waals surface area contributed by atoms with Gasteiger partial charge in [0.25, 0.3) is 0 Å². The minimum Gasteiger partial charge on any atom is -0.256 e. The van der Waals surface area contributed by atoms with Gasteiger partial charge >= 0.3 is 0 Å². The molecule has 0 bridgehead atoms. The Kier molecular flexibility index (Phi) is 2.80. The van der Waals surface area contributed by atoms with Gasteiger partial charge in [-0.15, -0.1) is 0 Å². The molecule has 0 spiro atoms. The van der Waals surface area contributed by atoms with E-state index in [9.17, 15) is 0 Å². The molecule has 0 aromatic carbocycles. The van der Waals surface area contributed by atoms with Crippen LogP contribution in [0.25, 0.3) is 5.82 Å². The van der Waals surface area contributed by atoms with Gasteiger partial charge in [0.15, 0.2) is 5.82 Å². The molecule has 2 aromatic rings. The number of nitrogens with zero attached hydrogens (tertiary/aromatic N) is 4. The van der Waals surface area contributed by atoms with Crippen molar-refractivity contribution in [3.8, 4) is 5.82 Å². The molecular weight excluding hydrogens is 268 g/mol. The molecule has 16 heavy (non-hydrogen) atoms. The molecule has 0 aliphatic rings. The number of aromatic nitrogens is 4. The first-order valence-electron chi connectivity index (χ1n) is 5.03. The maximum absolute atomic E-state index is 4.48. The lowest BCUT2D eigenvalue weighted by Gasteiger charge is -2.06. The second kappa shape index (κ2) is 3.97. The van der Waals surface area contributed by atoms with E-state index in [0.29, 0.717) is 0 Å². The van der Waals surface area contributed by atoms with Gasteiger partial charge in [-0.25, -0.2) is 9.67 Å². The number of hydrogen-bond acceptors (Lipinski definition) is 3. The summed E-state index contributed by atoms with van der Waals surface area (Å²) in [5.74, 6) is 0.798. The molecule has 0 aliphatic heterocycles. The highest BCUT2D eigenvalue weighted by molar-refractivity contribution is 9.10. The van der Waals surface area contributed by atoms with Crippen LogP contribution in [-0.2, 0) is 0 Å². The molecule has 0 amide bonds. The zero-order valence-corrected chi connectivity index (χ0v) is 11.3. The van der Waals surface area contributed by atoms with Crippen LogP contribution in [0.2, 0.25) is 0 Å². The molecule has 0 saturated carbocycles. The Bertz CT molecular complexity index is 545. The van der Waals surface area contributed by atoms with Gasteiger partial charge in [-0.05, 0) is 43.6 Å². The van der Waals surface area contributed by atoms with Crippen LogP contribution in [0.3, 0.4) is 0 Å². The van der Waals surface area contributed by atoms with Gasteiger partial charge in [-0.3, -0.25) is 4.98 Å². The number of hydrogen-bond donors (Lipinski definition) is 0. The maximum atomic E-state index is 4.48. The number of rotatable bonds is 1. The fourth-order valence-corrected chi connectivity index (χ4v) is 1.80. The molecule has 2 aromatic heterocycles. The first kappa shape index (κ1) is 11.3. The van der Waals surface area contributed by atoms with E-state index in [1.165, 1.54) is 0 Å². The Labute approximate surface area is 103 Å². The van der Waals surface area contributed by atoms with E-state index in [1.807, 2.05) is 32.4 Å². The van der Waals surface area contributed by atoms with E-state index in [4.69, 9.17) is 0 Å². The van der Waals surface area contributed by atoms with Crippen molar-refractivity contribution < 1.29 is 0 Å². The molecule has 2 heterocycles. The van der Waals surface area contributed by atoms with Crippen LogP contribution < -0.4 is 0 Å². The summed E-state index contributed by atoms with van der Waals surface area (Å²) in [6.07, 6.45) is 1.76. The van der Waals surface area contributed by atoms with Crippen LogP contribution in [0.5, 0.6) is 0 Å². The summed E-state index contributed by atoms with van der Waals surface area (Å²) in [6, 6.07) is 0. The average molecular weight is 281 g/mol. The second-order valence-electron chi connectivity index (χ2n) is 3.82. The lowest BCUT2D eigenvalue weighted by atomic mass is 10.4. The zero-order chi connectivity index (χ0) is 11.9. The van der Waals surface area contributed by atoms with E-state index in [2.05, 4.69) is 31.0 Å². The van der Waals surface area contributed by atoms with Crippen molar-refractivity contribution in [1.82, 2.24) is 19.7 Å². The van der Waals surface area contributed by atoms with Gasteiger partial charge < -0.3 is 0 Å². The van der Waals surface area contributed by atoms with Crippen molar-refractivity contribution in [3.63, 3.8) is 0 Å². The van der Waals surface area contributed by atoms with Crippen molar-refractivity contribution in [3.05, 3.63) is 33.4 Å². The Morgan fingerprint density at radius 3 is 2.38 bits per heavy atom. The van der Waals surface area contributed by atoms with Crippen molar-refractivity contribution in [2.75, 3.05) is 0 Å².